The summed E-state index contributed by atoms with van der Waals surface area (Å²) in [6, 6.07) is 13.7. The molecular formula is C18H19IO2. The minimum absolute atomic E-state index is 0.000694. The molecule has 0 saturated carbocycles. The number of aryl methyl sites for hydroxylation is 1. The summed E-state index contributed by atoms with van der Waals surface area (Å²) in [5.41, 5.74) is 2.96. The third-order valence-electron chi connectivity index (χ3n) is 3.40. The van der Waals surface area contributed by atoms with E-state index in [9.17, 15) is 4.79 Å². The van der Waals surface area contributed by atoms with Crippen molar-refractivity contribution < 1.29 is 9.53 Å². The van der Waals surface area contributed by atoms with Crippen LogP contribution < -0.4 is 4.74 Å². The number of ether oxygens (including phenoxy) is 1. The van der Waals surface area contributed by atoms with Gasteiger partial charge in [0.1, 0.15) is 5.75 Å². The minimum atomic E-state index is 0.000694. The predicted molar refractivity (Wildman–Crippen MR) is 94.3 cm³/mol. The summed E-state index contributed by atoms with van der Waals surface area (Å²) in [4.78, 5) is 12.1. The summed E-state index contributed by atoms with van der Waals surface area (Å²) in [6.45, 7) is 6.36. The summed E-state index contributed by atoms with van der Waals surface area (Å²) in [5, 5.41) is 0. The Kier molecular flexibility index (Phi) is 5.39. The van der Waals surface area contributed by atoms with Crippen molar-refractivity contribution in [1.29, 1.82) is 0 Å². The second-order valence-electron chi connectivity index (χ2n) is 5.40. The van der Waals surface area contributed by atoms with Crippen LogP contribution in [0.15, 0.2) is 42.5 Å². The van der Waals surface area contributed by atoms with Gasteiger partial charge in [-0.3, -0.25) is 4.79 Å². The number of carbonyl (C=O) groups is 1. The number of hydrogen-bond donors (Lipinski definition) is 0. The lowest BCUT2D eigenvalue weighted by Gasteiger charge is -2.12. The van der Waals surface area contributed by atoms with E-state index in [1.54, 1.807) is 0 Å². The maximum Gasteiger partial charge on any atom is 0.200 e. The number of rotatable bonds is 5. The molecule has 2 nitrogen and oxygen atoms in total. The molecule has 0 aliphatic heterocycles. The van der Waals surface area contributed by atoms with Gasteiger partial charge >= 0.3 is 0 Å². The number of ketones is 1. The molecule has 2 rings (SSSR count). The van der Waals surface area contributed by atoms with Crippen molar-refractivity contribution in [3.8, 4) is 5.75 Å². The summed E-state index contributed by atoms with van der Waals surface area (Å²) in [7, 11) is 0. The van der Waals surface area contributed by atoms with E-state index >= 15 is 0 Å². The van der Waals surface area contributed by atoms with Crippen molar-refractivity contribution in [3.63, 3.8) is 0 Å². The molecule has 0 radical (unpaired) electrons. The number of carbonyl (C=O) groups excluding carboxylic acids is 1. The van der Waals surface area contributed by atoms with Crippen LogP contribution in [-0.2, 0) is 0 Å². The summed E-state index contributed by atoms with van der Waals surface area (Å²) in [5.74, 6) is 1.24. The average Bonchev–Trinajstić information content (AvgIpc) is 2.46. The number of benzene rings is 2. The highest BCUT2D eigenvalue weighted by molar-refractivity contribution is 14.1. The molecule has 0 spiro atoms. The van der Waals surface area contributed by atoms with Crippen LogP contribution in [0.5, 0.6) is 5.75 Å². The largest absolute Gasteiger partial charge is 0.485 e. The smallest absolute Gasteiger partial charge is 0.200 e. The zero-order valence-corrected chi connectivity index (χ0v) is 14.7. The van der Waals surface area contributed by atoms with Crippen molar-refractivity contribution in [1.82, 2.24) is 0 Å². The zero-order valence-electron chi connectivity index (χ0n) is 12.5. The highest BCUT2D eigenvalue weighted by Crippen LogP contribution is 2.24. The highest BCUT2D eigenvalue weighted by atomic mass is 127. The molecule has 0 aromatic heterocycles. The zero-order chi connectivity index (χ0) is 15.4. The molecule has 0 fully saturated rings. The summed E-state index contributed by atoms with van der Waals surface area (Å²) in [6.07, 6.45) is 0. The van der Waals surface area contributed by atoms with Crippen LogP contribution >= 0.6 is 22.6 Å². The van der Waals surface area contributed by atoms with Crippen molar-refractivity contribution >= 4 is 28.4 Å². The average molecular weight is 394 g/mol. The molecule has 0 unspecified atom stereocenters. The molecule has 0 N–H and O–H groups in total. The fraction of sp³-hybridized carbons (Fsp3) is 0.278. The van der Waals surface area contributed by atoms with Gasteiger partial charge in [0.05, 0.1) is 0 Å². The van der Waals surface area contributed by atoms with Crippen LogP contribution in [0.25, 0.3) is 0 Å². The maximum atomic E-state index is 12.1. The van der Waals surface area contributed by atoms with E-state index in [2.05, 4.69) is 42.5 Å². The van der Waals surface area contributed by atoms with Crippen LogP contribution in [0.3, 0.4) is 0 Å². The van der Waals surface area contributed by atoms with E-state index in [4.69, 9.17) is 4.74 Å². The van der Waals surface area contributed by atoms with E-state index < -0.39 is 0 Å². The standard InChI is InChI=1S/C18H19IO2/c1-12(2)15-5-4-13(3)18(10-15)21-11-17(20)14-6-8-16(19)9-7-14/h4-10,12H,11H2,1-3H3. The molecule has 110 valence electrons. The highest BCUT2D eigenvalue weighted by Gasteiger charge is 2.09. The molecule has 0 heterocycles. The number of halogens is 1. The van der Waals surface area contributed by atoms with Gasteiger partial charge in [0.25, 0.3) is 0 Å². The van der Waals surface area contributed by atoms with Gasteiger partial charge in [-0.25, -0.2) is 0 Å². The van der Waals surface area contributed by atoms with Gasteiger partial charge in [0.15, 0.2) is 12.4 Å². The molecule has 0 saturated heterocycles. The Morgan fingerprint density at radius 1 is 1.14 bits per heavy atom. The molecule has 0 atom stereocenters. The lowest BCUT2D eigenvalue weighted by atomic mass is 10.0. The van der Waals surface area contributed by atoms with E-state index in [1.165, 1.54) is 5.56 Å². The third kappa shape index (κ3) is 4.30. The van der Waals surface area contributed by atoms with Gasteiger partial charge in [-0.05, 0) is 64.8 Å². The first kappa shape index (κ1) is 16.0. The molecule has 3 heteroatoms. The third-order valence-corrected chi connectivity index (χ3v) is 4.12. The van der Waals surface area contributed by atoms with E-state index in [0.717, 1.165) is 14.9 Å². The lowest BCUT2D eigenvalue weighted by molar-refractivity contribution is 0.0921. The lowest BCUT2D eigenvalue weighted by Crippen LogP contribution is -2.12. The van der Waals surface area contributed by atoms with Crippen molar-refractivity contribution in [2.45, 2.75) is 26.7 Å². The van der Waals surface area contributed by atoms with E-state index in [1.807, 2.05) is 43.3 Å². The minimum Gasteiger partial charge on any atom is -0.485 e. The molecular weight excluding hydrogens is 375 g/mol. The monoisotopic (exact) mass is 394 g/mol. The molecule has 0 aliphatic rings. The number of hydrogen-bond acceptors (Lipinski definition) is 2. The van der Waals surface area contributed by atoms with E-state index in [-0.39, 0.29) is 12.4 Å². The fourth-order valence-electron chi connectivity index (χ4n) is 1.99. The van der Waals surface area contributed by atoms with Gasteiger partial charge in [0, 0.05) is 9.13 Å². The van der Waals surface area contributed by atoms with Crippen LogP contribution in [-0.4, -0.2) is 12.4 Å². The van der Waals surface area contributed by atoms with E-state index in [0.29, 0.717) is 11.5 Å². The quantitative estimate of drug-likeness (QED) is 0.528. The molecule has 2 aromatic carbocycles. The van der Waals surface area contributed by atoms with Gasteiger partial charge < -0.3 is 4.74 Å². The van der Waals surface area contributed by atoms with Crippen molar-refractivity contribution in [3.05, 3.63) is 62.7 Å². The first-order valence-electron chi connectivity index (χ1n) is 6.99. The second kappa shape index (κ2) is 7.07. The molecule has 2 aromatic rings. The normalized spacial score (nSPS) is 10.7. The Morgan fingerprint density at radius 3 is 2.43 bits per heavy atom. The molecule has 0 aliphatic carbocycles. The van der Waals surface area contributed by atoms with Crippen LogP contribution in [0.2, 0.25) is 0 Å². The van der Waals surface area contributed by atoms with Gasteiger partial charge in [-0.1, -0.05) is 38.1 Å². The van der Waals surface area contributed by atoms with Crippen molar-refractivity contribution in [2.75, 3.05) is 6.61 Å². The van der Waals surface area contributed by atoms with Crippen LogP contribution in [0.4, 0.5) is 0 Å². The van der Waals surface area contributed by atoms with Gasteiger partial charge in [-0.2, -0.15) is 0 Å². The van der Waals surface area contributed by atoms with Crippen LogP contribution in [0.1, 0.15) is 41.3 Å². The Bertz CT molecular complexity index is 630. The first-order valence-corrected chi connectivity index (χ1v) is 8.07. The Morgan fingerprint density at radius 2 is 1.81 bits per heavy atom. The second-order valence-corrected chi connectivity index (χ2v) is 6.64. The Labute approximate surface area is 139 Å². The Hall–Kier alpha value is -1.36. The molecule has 21 heavy (non-hydrogen) atoms. The Balaban J connectivity index is 2.07. The van der Waals surface area contributed by atoms with Crippen molar-refractivity contribution in [2.24, 2.45) is 0 Å². The van der Waals surface area contributed by atoms with Crippen LogP contribution in [0, 0.1) is 10.5 Å². The topological polar surface area (TPSA) is 26.3 Å². The van der Waals surface area contributed by atoms with Gasteiger partial charge in [0.2, 0.25) is 0 Å². The first-order chi connectivity index (χ1) is 9.97. The number of Topliss-reactive ketones (excluding diaryl/α,β-unsaturated/α-hetero) is 1. The SMILES string of the molecule is Cc1ccc(C(C)C)cc1OCC(=O)c1ccc(I)cc1. The van der Waals surface area contributed by atoms with Gasteiger partial charge in [-0.15, -0.1) is 0 Å². The fourth-order valence-corrected chi connectivity index (χ4v) is 2.35. The predicted octanol–water partition coefficient (Wildman–Crippen LogP) is 4.98. The molecule has 0 amide bonds. The molecule has 0 bridgehead atoms. The summed E-state index contributed by atoms with van der Waals surface area (Å²) < 4.78 is 6.84. The summed E-state index contributed by atoms with van der Waals surface area (Å²) >= 11 is 2.22. The maximum absolute atomic E-state index is 12.1.